The summed E-state index contributed by atoms with van der Waals surface area (Å²) in [6.07, 6.45) is 9.39. The molecule has 1 saturated heterocycles. The smallest absolute Gasteiger partial charge is 0.0890 e. The lowest BCUT2D eigenvalue weighted by atomic mass is 9.97. The largest absolute Gasteiger partial charge is 0.380 e. The number of hydrogen-bond donors (Lipinski definition) is 1. The Morgan fingerprint density at radius 3 is 2.78 bits per heavy atom. The fourth-order valence-electron chi connectivity index (χ4n) is 4.06. The predicted molar refractivity (Wildman–Crippen MR) is 112 cm³/mol. The molecule has 2 aromatic rings. The third kappa shape index (κ3) is 3.98. The maximum absolute atomic E-state index is 4.42. The van der Waals surface area contributed by atoms with Crippen molar-refractivity contribution in [1.29, 1.82) is 0 Å². The van der Waals surface area contributed by atoms with Gasteiger partial charge >= 0.3 is 0 Å². The van der Waals surface area contributed by atoms with Gasteiger partial charge in [0.2, 0.25) is 0 Å². The van der Waals surface area contributed by atoms with E-state index in [0.29, 0.717) is 12.0 Å². The van der Waals surface area contributed by atoms with Crippen LogP contribution in [0, 0.1) is 5.92 Å². The van der Waals surface area contributed by atoms with Gasteiger partial charge in [-0.15, -0.1) is 0 Å². The van der Waals surface area contributed by atoms with E-state index in [0.717, 1.165) is 43.6 Å². The fraction of sp³-hybridized carbons (Fsp3) is 0.455. The van der Waals surface area contributed by atoms with Crippen LogP contribution in [0.25, 0.3) is 11.0 Å². The number of allylic oxidation sites excluding steroid dienone is 2. The zero-order valence-corrected chi connectivity index (χ0v) is 16.5. The predicted octanol–water partition coefficient (Wildman–Crippen LogP) is 3.41. The Balaban J connectivity index is 0.00000225. The van der Waals surface area contributed by atoms with Crippen LogP contribution in [0.1, 0.15) is 27.3 Å². The summed E-state index contributed by atoms with van der Waals surface area (Å²) < 4.78 is 0. The van der Waals surface area contributed by atoms with Crippen LogP contribution in [-0.4, -0.2) is 52.5 Å². The van der Waals surface area contributed by atoms with Crippen LogP contribution in [0.3, 0.4) is 0 Å². The van der Waals surface area contributed by atoms with Gasteiger partial charge in [-0.25, -0.2) is 0 Å². The molecule has 0 saturated carbocycles. The standard InChI is InChI=1S/C22H29N5.H2/c1-16-4-6-20(22(12-16)27-11-10-26(3)15-17(27)2)25-14-18-5-7-19-21(13-18)24-9-8-23-19;/h5-9,12-13,16-17,25H,4,10-11,14-15H2,1-3H3;1H/t16?,17-;/m1./s1. The minimum Gasteiger partial charge on any atom is -0.380 e. The Morgan fingerprint density at radius 2 is 1.96 bits per heavy atom. The molecule has 5 nitrogen and oxygen atoms in total. The van der Waals surface area contributed by atoms with E-state index < -0.39 is 0 Å². The average molecular weight is 366 g/mol. The Hall–Kier alpha value is -2.40. The van der Waals surface area contributed by atoms with Gasteiger partial charge in [0.1, 0.15) is 0 Å². The number of fused-ring (bicyclic) bond motifs is 1. The van der Waals surface area contributed by atoms with Gasteiger partial charge in [0.05, 0.1) is 22.4 Å². The molecular weight excluding hydrogens is 334 g/mol. The second-order valence-electron chi connectivity index (χ2n) is 7.92. The van der Waals surface area contributed by atoms with Crippen molar-refractivity contribution in [3.05, 3.63) is 59.7 Å². The molecule has 1 unspecified atom stereocenters. The molecule has 5 heteroatoms. The van der Waals surface area contributed by atoms with Crippen molar-refractivity contribution >= 4 is 11.0 Å². The van der Waals surface area contributed by atoms with Crippen molar-refractivity contribution < 1.29 is 1.43 Å². The third-order valence-electron chi connectivity index (χ3n) is 5.57. The fourth-order valence-corrected chi connectivity index (χ4v) is 4.06. The summed E-state index contributed by atoms with van der Waals surface area (Å²) >= 11 is 0. The van der Waals surface area contributed by atoms with Crippen LogP contribution in [0.4, 0.5) is 0 Å². The van der Waals surface area contributed by atoms with Crippen molar-refractivity contribution in [2.75, 3.05) is 26.7 Å². The van der Waals surface area contributed by atoms with Gasteiger partial charge in [0.15, 0.2) is 0 Å². The lowest BCUT2D eigenvalue weighted by Crippen LogP contribution is -2.50. The van der Waals surface area contributed by atoms with Crippen LogP contribution in [0.5, 0.6) is 0 Å². The molecule has 1 fully saturated rings. The first-order chi connectivity index (χ1) is 13.1. The molecule has 0 amide bonds. The molecule has 0 radical (unpaired) electrons. The Kier molecular flexibility index (Phi) is 5.12. The SMILES string of the molecule is CC1C=C(N2CCN(C)C[C@H]2C)C(NCc2ccc3nccnc3c2)=CC1.[HH]. The van der Waals surface area contributed by atoms with Gasteiger partial charge in [-0.3, -0.25) is 9.97 Å². The molecule has 1 aromatic heterocycles. The quantitative estimate of drug-likeness (QED) is 0.899. The average Bonchev–Trinajstić information content (AvgIpc) is 2.67. The first kappa shape index (κ1) is 18.0. The monoisotopic (exact) mass is 365 g/mol. The number of hydrogen-bond acceptors (Lipinski definition) is 5. The zero-order chi connectivity index (χ0) is 18.8. The van der Waals surface area contributed by atoms with Crippen molar-refractivity contribution in [3.63, 3.8) is 0 Å². The molecule has 2 aliphatic rings. The highest BCUT2D eigenvalue weighted by Crippen LogP contribution is 2.27. The minimum atomic E-state index is 0. The van der Waals surface area contributed by atoms with Crippen LogP contribution < -0.4 is 5.32 Å². The van der Waals surface area contributed by atoms with Crippen molar-refractivity contribution in [1.82, 2.24) is 25.1 Å². The summed E-state index contributed by atoms with van der Waals surface area (Å²) in [6.45, 7) is 8.74. The number of nitrogens with zero attached hydrogens (tertiary/aromatic N) is 4. The number of nitrogens with one attached hydrogen (secondary N) is 1. The van der Waals surface area contributed by atoms with E-state index in [1.54, 1.807) is 12.4 Å². The molecule has 144 valence electrons. The summed E-state index contributed by atoms with van der Waals surface area (Å²) in [7, 11) is 2.21. The molecule has 4 rings (SSSR count). The number of rotatable bonds is 4. The molecule has 2 heterocycles. The van der Waals surface area contributed by atoms with E-state index >= 15 is 0 Å². The highest BCUT2D eigenvalue weighted by Gasteiger charge is 2.26. The number of piperazine rings is 1. The van der Waals surface area contributed by atoms with Crippen molar-refractivity contribution in [2.24, 2.45) is 5.92 Å². The van der Waals surface area contributed by atoms with E-state index in [1.165, 1.54) is 17.0 Å². The Morgan fingerprint density at radius 1 is 1.15 bits per heavy atom. The van der Waals surface area contributed by atoms with Crippen LogP contribution in [0.15, 0.2) is 54.1 Å². The molecule has 27 heavy (non-hydrogen) atoms. The van der Waals surface area contributed by atoms with Gasteiger partial charge in [-0.1, -0.05) is 25.1 Å². The highest BCUT2D eigenvalue weighted by atomic mass is 15.3. The molecule has 1 aliphatic heterocycles. The van der Waals surface area contributed by atoms with Gasteiger partial charge < -0.3 is 15.1 Å². The molecule has 0 bridgehead atoms. The second-order valence-corrected chi connectivity index (χ2v) is 7.92. The number of aromatic nitrogens is 2. The van der Waals surface area contributed by atoms with E-state index in [9.17, 15) is 0 Å². The van der Waals surface area contributed by atoms with Gasteiger partial charge in [0.25, 0.3) is 0 Å². The van der Waals surface area contributed by atoms with Gasteiger partial charge in [-0.2, -0.15) is 0 Å². The molecule has 1 aliphatic carbocycles. The molecule has 1 aromatic carbocycles. The van der Waals surface area contributed by atoms with Gasteiger partial charge in [0, 0.05) is 46.0 Å². The zero-order valence-electron chi connectivity index (χ0n) is 16.5. The third-order valence-corrected chi connectivity index (χ3v) is 5.57. The van der Waals surface area contributed by atoms with Crippen molar-refractivity contribution in [3.8, 4) is 0 Å². The van der Waals surface area contributed by atoms with E-state index in [4.69, 9.17) is 0 Å². The van der Waals surface area contributed by atoms with E-state index in [1.807, 2.05) is 0 Å². The number of likely N-dealkylation sites (N-methyl/N-ethyl adjacent to an activating group) is 1. The topological polar surface area (TPSA) is 44.3 Å². The molecule has 2 atom stereocenters. The maximum atomic E-state index is 4.42. The van der Waals surface area contributed by atoms with Crippen LogP contribution in [0.2, 0.25) is 0 Å². The number of benzene rings is 1. The molecule has 1 N–H and O–H groups in total. The summed E-state index contributed by atoms with van der Waals surface area (Å²) in [5.74, 6) is 0.591. The first-order valence-electron chi connectivity index (χ1n) is 9.91. The van der Waals surface area contributed by atoms with Crippen LogP contribution >= 0.6 is 0 Å². The van der Waals surface area contributed by atoms with Crippen LogP contribution in [-0.2, 0) is 6.54 Å². The lowest BCUT2D eigenvalue weighted by molar-refractivity contribution is 0.131. The highest BCUT2D eigenvalue weighted by molar-refractivity contribution is 5.74. The summed E-state index contributed by atoms with van der Waals surface area (Å²) in [5.41, 5.74) is 5.76. The molecule has 0 spiro atoms. The first-order valence-corrected chi connectivity index (χ1v) is 9.91. The Bertz CT molecular complexity index is 878. The summed E-state index contributed by atoms with van der Waals surface area (Å²) in [4.78, 5) is 13.8. The van der Waals surface area contributed by atoms with Crippen molar-refractivity contribution in [2.45, 2.75) is 32.9 Å². The normalized spacial score (nSPS) is 23.9. The lowest BCUT2D eigenvalue weighted by Gasteiger charge is -2.42. The van der Waals surface area contributed by atoms with E-state index in [-0.39, 0.29) is 1.43 Å². The summed E-state index contributed by atoms with van der Waals surface area (Å²) in [5, 5.41) is 3.69. The Labute approximate surface area is 163 Å². The van der Waals surface area contributed by atoms with Gasteiger partial charge in [-0.05, 0) is 44.0 Å². The minimum absolute atomic E-state index is 0. The second kappa shape index (κ2) is 7.69. The summed E-state index contributed by atoms with van der Waals surface area (Å²) in [6, 6.07) is 6.85. The maximum Gasteiger partial charge on any atom is 0.0890 e. The van der Waals surface area contributed by atoms with E-state index in [2.05, 4.69) is 76.3 Å². The molecular formula is C22H31N5.